The van der Waals surface area contributed by atoms with Gasteiger partial charge in [-0.2, -0.15) is 4.31 Å². The number of amides is 1. The summed E-state index contributed by atoms with van der Waals surface area (Å²) >= 11 is 14.4. The van der Waals surface area contributed by atoms with Crippen LogP contribution in [0.2, 0.25) is 9.36 Å². The molecule has 3 rings (SSSR count). The second-order valence-electron chi connectivity index (χ2n) is 5.56. The smallest absolute Gasteiger partial charge is 0.252 e. The van der Waals surface area contributed by atoms with Gasteiger partial charge in [0.05, 0.1) is 15.1 Å². The molecule has 0 radical (unpaired) electrons. The zero-order valence-electron chi connectivity index (χ0n) is 13.6. The SMILES string of the molecule is O=C(CSc1ccccc1Cl)N1CCN(S(=O)(=O)c2ccc(Cl)s2)CC1. The molecule has 1 aliphatic heterocycles. The maximum absolute atomic E-state index is 12.6. The zero-order valence-corrected chi connectivity index (χ0v) is 17.6. The Morgan fingerprint density at radius 2 is 1.77 bits per heavy atom. The summed E-state index contributed by atoms with van der Waals surface area (Å²) in [5.74, 6) is 0.253. The molecular weight excluding hydrogens is 435 g/mol. The molecule has 1 saturated heterocycles. The Bertz CT molecular complexity index is 894. The molecule has 10 heteroatoms. The highest BCUT2D eigenvalue weighted by Crippen LogP contribution is 2.29. The third kappa shape index (κ3) is 4.55. The van der Waals surface area contributed by atoms with Crippen LogP contribution in [-0.2, 0) is 14.8 Å². The molecule has 5 nitrogen and oxygen atoms in total. The molecule has 0 saturated carbocycles. The molecule has 0 aliphatic carbocycles. The van der Waals surface area contributed by atoms with E-state index in [1.807, 2.05) is 18.2 Å². The summed E-state index contributed by atoms with van der Waals surface area (Å²) in [6, 6.07) is 10.5. The number of benzene rings is 1. The number of nitrogens with zero attached hydrogens (tertiary/aromatic N) is 2. The average Bonchev–Trinajstić information content (AvgIpc) is 3.08. The normalized spacial score (nSPS) is 16.0. The first kappa shape index (κ1) is 20.0. The van der Waals surface area contributed by atoms with Gasteiger partial charge in [0.1, 0.15) is 4.21 Å². The Morgan fingerprint density at radius 3 is 2.38 bits per heavy atom. The number of carbonyl (C=O) groups excluding carboxylic acids is 1. The molecule has 1 aliphatic rings. The lowest BCUT2D eigenvalue weighted by Crippen LogP contribution is -2.50. The minimum Gasteiger partial charge on any atom is -0.339 e. The number of halogens is 2. The van der Waals surface area contributed by atoms with Gasteiger partial charge in [-0.05, 0) is 24.3 Å². The topological polar surface area (TPSA) is 57.7 Å². The van der Waals surface area contributed by atoms with Gasteiger partial charge in [0.15, 0.2) is 0 Å². The highest BCUT2D eigenvalue weighted by molar-refractivity contribution is 8.00. The summed E-state index contributed by atoms with van der Waals surface area (Å²) in [5, 5.41) is 0.621. The number of thiophene rings is 1. The van der Waals surface area contributed by atoms with Crippen LogP contribution in [0.1, 0.15) is 0 Å². The van der Waals surface area contributed by atoms with Crippen molar-refractivity contribution in [2.24, 2.45) is 0 Å². The quantitative estimate of drug-likeness (QED) is 0.651. The molecule has 2 aromatic rings. The van der Waals surface area contributed by atoms with Crippen molar-refractivity contribution in [3.05, 3.63) is 45.8 Å². The number of piperazine rings is 1. The summed E-state index contributed by atoms with van der Waals surface area (Å²) in [4.78, 5) is 14.9. The first-order valence-corrected chi connectivity index (χ1v) is 11.8. The van der Waals surface area contributed by atoms with Crippen LogP contribution >= 0.6 is 46.3 Å². The molecule has 0 spiro atoms. The largest absolute Gasteiger partial charge is 0.339 e. The maximum atomic E-state index is 12.6. The van der Waals surface area contributed by atoms with Gasteiger partial charge in [-0.25, -0.2) is 8.42 Å². The number of thioether (sulfide) groups is 1. The van der Waals surface area contributed by atoms with Crippen LogP contribution in [0.15, 0.2) is 45.5 Å². The van der Waals surface area contributed by atoms with E-state index in [1.54, 1.807) is 17.0 Å². The third-order valence-electron chi connectivity index (χ3n) is 3.92. The summed E-state index contributed by atoms with van der Waals surface area (Å²) in [5.41, 5.74) is 0. The Hall–Kier alpha value is -0.770. The Balaban J connectivity index is 1.55. The first-order chi connectivity index (χ1) is 12.4. The van der Waals surface area contributed by atoms with E-state index in [4.69, 9.17) is 23.2 Å². The predicted molar refractivity (Wildman–Crippen MR) is 107 cm³/mol. The van der Waals surface area contributed by atoms with Gasteiger partial charge in [-0.1, -0.05) is 35.3 Å². The first-order valence-electron chi connectivity index (χ1n) is 7.78. The van der Waals surface area contributed by atoms with Crippen LogP contribution in [0, 0.1) is 0 Å². The van der Waals surface area contributed by atoms with E-state index in [0.29, 0.717) is 22.4 Å². The Labute approximate surface area is 170 Å². The molecule has 0 bridgehead atoms. The van der Waals surface area contributed by atoms with Crippen LogP contribution in [0.5, 0.6) is 0 Å². The molecule has 1 aromatic carbocycles. The predicted octanol–water partition coefficient (Wildman–Crippen LogP) is 3.68. The number of hydrogen-bond donors (Lipinski definition) is 0. The van der Waals surface area contributed by atoms with Crippen LogP contribution < -0.4 is 0 Å². The fourth-order valence-corrected chi connectivity index (χ4v) is 6.73. The van der Waals surface area contributed by atoms with Gasteiger partial charge in [0.2, 0.25) is 5.91 Å². The van der Waals surface area contributed by atoms with Crippen LogP contribution in [0.4, 0.5) is 0 Å². The van der Waals surface area contributed by atoms with E-state index < -0.39 is 10.0 Å². The summed E-state index contributed by atoms with van der Waals surface area (Å²) < 4.78 is 27.2. The second kappa shape index (κ2) is 8.50. The van der Waals surface area contributed by atoms with Crippen molar-refractivity contribution in [3.8, 4) is 0 Å². The van der Waals surface area contributed by atoms with Crippen molar-refractivity contribution in [2.45, 2.75) is 9.10 Å². The van der Waals surface area contributed by atoms with Crippen LogP contribution in [-0.4, -0.2) is 55.5 Å². The van der Waals surface area contributed by atoms with Crippen LogP contribution in [0.25, 0.3) is 0 Å². The van der Waals surface area contributed by atoms with Gasteiger partial charge >= 0.3 is 0 Å². The van der Waals surface area contributed by atoms with Gasteiger partial charge in [-0.3, -0.25) is 4.79 Å². The molecule has 26 heavy (non-hydrogen) atoms. The fourth-order valence-electron chi connectivity index (χ4n) is 2.53. The molecule has 2 heterocycles. The van der Waals surface area contributed by atoms with Crippen molar-refractivity contribution >= 4 is 62.2 Å². The lowest BCUT2D eigenvalue weighted by molar-refractivity contribution is -0.129. The minimum absolute atomic E-state index is 0.0221. The van der Waals surface area contributed by atoms with Gasteiger partial charge in [0, 0.05) is 31.1 Å². The summed E-state index contributed by atoms with van der Waals surface area (Å²) in [6.45, 7) is 1.31. The van der Waals surface area contributed by atoms with Crippen molar-refractivity contribution in [2.75, 3.05) is 31.9 Å². The standard InChI is InChI=1S/C16H16Cl2N2O3S3/c17-12-3-1-2-4-13(12)24-11-15(21)19-7-9-20(10-8-19)26(22,23)16-6-5-14(18)25-16/h1-6H,7-11H2. The molecule has 0 unspecified atom stereocenters. The average molecular weight is 451 g/mol. The lowest BCUT2D eigenvalue weighted by Gasteiger charge is -2.33. The molecule has 1 aromatic heterocycles. The van der Waals surface area contributed by atoms with E-state index in [-0.39, 0.29) is 29.0 Å². The Morgan fingerprint density at radius 1 is 1.08 bits per heavy atom. The summed E-state index contributed by atoms with van der Waals surface area (Å²) in [6.07, 6.45) is 0. The van der Waals surface area contributed by atoms with E-state index in [9.17, 15) is 13.2 Å². The van der Waals surface area contributed by atoms with Crippen LogP contribution in [0.3, 0.4) is 0 Å². The highest BCUT2D eigenvalue weighted by atomic mass is 35.5. The highest BCUT2D eigenvalue weighted by Gasteiger charge is 2.31. The van der Waals surface area contributed by atoms with Crippen molar-refractivity contribution in [1.29, 1.82) is 0 Å². The number of sulfonamides is 1. The molecule has 0 atom stereocenters. The lowest BCUT2D eigenvalue weighted by atomic mass is 10.3. The molecular formula is C16H16Cl2N2O3S3. The van der Waals surface area contributed by atoms with Gasteiger partial charge in [0.25, 0.3) is 10.0 Å². The fraction of sp³-hybridized carbons (Fsp3) is 0.312. The number of carbonyl (C=O) groups is 1. The minimum atomic E-state index is -3.54. The monoisotopic (exact) mass is 450 g/mol. The van der Waals surface area contributed by atoms with E-state index in [0.717, 1.165) is 16.2 Å². The maximum Gasteiger partial charge on any atom is 0.252 e. The molecule has 1 amide bonds. The number of rotatable bonds is 5. The summed E-state index contributed by atoms with van der Waals surface area (Å²) in [7, 11) is -3.54. The van der Waals surface area contributed by atoms with Gasteiger partial charge < -0.3 is 4.90 Å². The molecule has 1 fully saturated rings. The number of hydrogen-bond acceptors (Lipinski definition) is 5. The van der Waals surface area contributed by atoms with E-state index in [2.05, 4.69) is 0 Å². The Kier molecular flexibility index (Phi) is 6.53. The van der Waals surface area contributed by atoms with E-state index in [1.165, 1.54) is 22.1 Å². The third-order valence-corrected chi connectivity index (χ3v) is 9.02. The van der Waals surface area contributed by atoms with Crippen molar-refractivity contribution in [1.82, 2.24) is 9.21 Å². The molecule has 140 valence electrons. The van der Waals surface area contributed by atoms with Crippen molar-refractivity contribution in [3.63, 3.8) is 0 Å². The zero-order chi connectivity index (χ0) is 18.7. The van der Waals surface area contributed by atoms with Gasteiger partial charge in [-0.15, -0.1) is 23.1 Å². The molecule has 0 N–H and O–H groups in total. The van der Waals surface area contributed by atoms with E-state index >= 15 is 0 Å². The second-order valence-corrected chi connectivity index (χ2v) is 10.9. The van der Waals surface area contributed by atoms with Crippen molar-refractivity contribution < 1.29 is 13.2 Å².